The second-order valence-electron chi connectivity index (χ2n) is 8.00. The third-order valence-electron chi connectivity index (χ3n) is 5.25. The van der Waals surface area contributed by atoms with E-state index < -0.39 is 7.82 Å². The van der Waals surface area contributed by atoms with Gasteiger partial charge in [0.2, 0.25) is 0 Å². The molecule has 0 atom stereocenters. The van der Waals surface area contributed by atoms with Crippen LogP contribution in [0, 0.1) is 0 Å². The molecule has 0 heterocycles. The Kier molecular flexibility index (Phi) is 28.2. The fourth-order valence-electron chi connectivity index (χ4n) is 3.53. The first-order chi connectivity index (χ1) is 13.1. The molecule has 0 unspecified atom stereocenters. The fourth-order valence-corrected chi connectivity index (χ4v) is 3.89. The molecule has 0 spiro atoms. The van der Waals surface area contributed by atoms with Crippen molar-refractivity contribution in [1.29, 1.82) is 0 Å². The van der Waals surface area contributed by atoms with Crippen LogP contribution in [0.15, 0.2) is 0 Å². The first-order valence-electron chi connectivity index (χ1n) is 11.7. The van der Waals surface area contributed by atoms with E-state index in [4.69, 9.17) is 0 Å². The van der Waals surface area contributed by atoms with Crippen molar-refractivity contribution in [2.45, 2.75) is 135 Å². The van der Waals surface area contributed by atoms with Crippen LogP contribution in [-0.4, -0.2) is 52.1 Å². The van der Waals surface area contributed by atoms with Crippen molar-refractivity contribution in [3.8, 4) is 0 Å². The van der Waals surface area contributed by atoms with Crippen LogP contribution >= 0.6 is 7.82 Å². The zero-order chi connectivity index (χ0) is 20.1. The van der Waals surface area contributed by atoms with Gasteiger partial charge in [-0.1, -0.05) is 129 Å². The van der Waals surface area contributed by atoms with Gasteiger partial charge in [-0.15, -0.1) is 0 Å². The largest absolute Gasteiger partial charge is 2.00 e. The van der Waals surface area contributed by atoms with Crippen LogP contribution in [0.2, 0.25) is 0 Å². The third-order valence-corrected chi connectivity index (χ3v) is 5.75. The summed E-state index contributed by atoms with van der Waals surface area (Å²) in [5.41, 5.74) is 0. The van der Waals surface area contributed by atoms with Crippen molar-refractivity contribution in [2.24, 2.45) is 0 Å². The first kappa shape index (κ1) is 31.8. The van der Waals surface area contributed by atoms with Crippen LogP contribution < -0.4 is 9.79 Å². The summed E-state index contributed by atoms with van der Waals surface area (Å²) in [7, 11) is -4.76. The van der Waals surface area contributed by atoms with Gasteiger partial charge in [-0.3, -0.25) is 0 Å². The monoisotopic (exact) mass is 492 g/mol. The number of phosphoric ester groups is 1. The number of hydrogen-bond donors (Lipinski definition) is 0. The van der Waals surface area contributed by atoms with Crippen LogP contribution in [0.1, 0.15) is 135 Å². The molecule has 0 aliphatic carbocycles. The summed E-state index contributed by atoms with van der Waals surface area (Å²) in [6.45, 7) is 2.32. The normalized spacial score (nSPS) is 11.5. The summed E-state index contributed by atoms with van der Waals surface area (Å²) in [5.74, 6) is 0. The molecule has 0 bridgehead atoms. The second-order valence-corrected chi connectivity index (χ2v) is 9.15. The van der Waals surface area contributed by atoms with Gasteiger partial charge in [-0.2, -0.15) is 0 Å². The Bertz CT molecular complexity index is 336. The molecule has 0 aliphatic rings. The van der Waals surface area contributed by atoms with Gasteiger partial charge in [0.05, 0.1) is 14.4 Å². The van der Waals surface area contributed by atoms with E-state index in [-0.39, 0.29) is 52.1 Å². The summed E-state index contributed by atoms with van der Waals surface area (Å²) >= 11 is 0. The van der Waals surface area contributed by atoms with Gasteiger partial charge in [-0.25, -0.2) is 0 Å². The van der Waals surface area contributed by atoms with Crippen LogP contribution in [0.4, 0.5) is 0 Å². The molecule has 0 saturated carbocycles. The Labute approximate surface area is 212 Å². The molecule has 0 aromatic heterocycles. The molecule has 0 fully saturated rings. The molecule has 0 amide bonds. The number of phosphoric acid groups is 1. The van der Waals surface area contributed by atoms with Crippen molar-refractivity contribution < 1.29 is 18.9 Å². The summed E-state index contributed by atoms with van der Waals surface area (Å²) in [6.07, 6.45) is 26.2. The van der Waals surface area contributed by atoms with Crippen molar-refractivity contribution in [3.63, 3.8) is 0 Å². The molecular formula is C22H45O4PSr. The SMILES string of the molecule is CCCCCCCCCCCCCCCCCCCCCCOP(=O)([O-])[O-].[Sr+2]. The molecule has 6 heteroatoms. The van der Waals surface area contributed by atoms with Gasteiger partial charge in [0.15, 0.2) is 0 Å². The van der Waals surface area contributed by atoms with E-state index >= 15 is 0 Å². The Morgan fingerprint density at radius 2 is 0.786 bits per heavy atom. The van der Waals surface area contributed by atoms with Crippen molar-refractivity contribution in [2.75, 3.05) is 6.61 Å². The van der Waals surface area contributed by atoms with Crippen molar-refractivity contribution >= 4 is 53.3 Å². The topological polar surface area (TPSA) is 72.4 Å². The Morgan fingerprint density at radius 3 is 1.04 bits per heavy atom. The van der Waals surface area contributed by atoms with Gasteiger partial charge in [0.1, 0.15) is 0 Å². The minimum atomic E-state index is -4.76. The average molecular weight is 492 g/mol. The maximum atomic E-state index is 10.3. The molecule has 0 aromatic rings. The van der Waals surface area contributed by atoms with Crippen LogP contribution in [-0.2, 0) is 9.09 Å². The first-order valence-corrected chi connectivity index (χ1v) is 13.2. The van der Waals surface area contributed by atoms with Crippen LogP contribution in [0.3, 0.4) is 0 Å². The Balaban J connectivity index is 0. The van der Waals surface area contributed by atoms with Crippen LogP contribution in [0.5, 0.6) is 0 Å². The predicted molar refractivity (Wildman–Crippen MR) is 117 cm³/mol. The third kappa shape index (κ3) is 29.8. The smallest absolute Gasteiger partial charge is 0.790 e. The van der Waals surface area contributed by atoms with Crippen molar-refractivity contribution in [3.05, 3.63) is 0 Å². The fraction of sp³-hybridized carbons (Fsp3) is 1.00. The van der Waals surface area contributed by atoms with E-state index in [1.54, 1.807) is 0 Å². The summed E-state index contributed by atoms with van der Waals surface area (Å²) in [5, 5.41) is 0. The predicted octanol–water partition coefficient (Wildman–Crippen LogP) is 6.27. The van der Waals surface area contributed by atoms with Gasteiger partial charge in [0, 0.05) is 0 Å². The zero-order valence-electron chi connectivity index (χ0n) is 18.6. The molecular weight excluding hydrogens is 447 g/mol. The minimum absolute atomic E-state index is 0. The zero-order valence-corrected chi connectivity index (χ0v) is 23.0. The van der Waals surface area contributed by atoms with E-state index in [0.717, 1.165) is 12.8 Å². The van der Waals surface area contributed by atoms with E-state index in [1.807, 2.05) is 0 Å². The average Bonchev–Trinajstić information content (AvgIpc) is 2.62. The number of unbranched alkanes of at least 4 members (excludes halogenated alkanes) is 19. The maximum absolute atomic E-state index is 10.3. The molecule has 0 rings (SSSR count). The van der Waals surface area contributed by atoms with Gasteiger partial charge < -0.3 is 18.9 Å². The molecule has 0 N–H and O–H groups in total. The van der Waals surface area contributed by atoms with E-state index in [0.29, 0.717) is 6.42 Å². The molecule has 164 valence electrons. The molecule has 0 radical (unpaired) electrons. The second kappa shape index (κ2) is 24.9. The minimum Gasteiger partial charge on any atom is -0.790 e. The summed E-state index contributed by atoms with van der Waals surface area (Å²) < 4.78 is 14.5. The molecule has 0 aromatic carbocycles. The van der Waals surface area contributed by atoms with E-state index in [1.165, 1.54) is 109 Å². The molecule has 28 heavy (non-hydrogen) atoms. The Hall–Kier alpha value is 1.59. The standard InChI is InChI=1S/C22H47O4P.Sr/c1-2-3-4-5-6-7-8-9-10-11-12-13-14-15-16-17-18-19-20-21-22-26-27(23,24)25;/h2-22H2,1H3,(H2,23,24,25);/q;+2/p-2. The number of rotatable bonds is 22. The summed E-state index contributed by atoms with van der Waals surface area (Å²) in [4.78, 5) is 20.6. The number of hydrogen-bond acceptors (Lipinski definition) is 4. The molecule has 0 aliphatic heterocycles. The van der Waals surface area contributed by atoms with Crippen molar-refractivity contribution in [1.82, 2.24) is 0 Å². The van der Waals surface area contributed by atoms with Gasteiger partial charge in [0.25, 0.3) is 0 Å². The van der Waals surface area contributed by atoms with E-state index in [2.05, 4.69) is 11.4 Å². The van der Waals surface area contributed by atoms with Crippen LogP contribution in [0.25, 0.3) is 0 Å². The Morgan fingerprint density at radius 1 is 0.536 bits per heavy atom. The van der Waals surface area contributed by atoms with Gasteiger partial charge in [-0.05, 0) is 6.42 Å². The van der Waals surface area contributed by atoms with E-state index in [9.17, 15) is 14.4 Å². The molecule has 4 nitrogen and oxygen atoms in total. The quantitative estimate of drug-likeness (QED) is 0.101. The summed E-state index contributed by atoms with van der Waals surface area (Å²) in [6, 6.07) is 0. The molecule has 0 saturated heterocycles. The van der Waals surface area contributed by atoms with Gasteiger partial charge >= 0.3 is 45.5 Å². The maximum Gasteiger partial charge on any atom is 2.00 e.